The number of amides is 2. The molecule has 0 radical (unpaired) electrons. The Labute approximate surface area is 191 Å². The number of nitrogens with zero attached hydrogens (tertiary/aromatic N) is 2. The number of rotatable bonds is 11. The Balaban J connectivity index is 2.33. The first-order chi connectivity index (χ1) is 15.2. The normalized spacial score (nSPS) is 12.1. The van der Waals surface area contributed by atoms with Gasteiger partial charge in [-0.05, 0) is 43.9 Å². The lowest BCUT2D eigenvalue weighted by atomic mass is 10.1. The number of carbonyl (C=O) groups is 2. The number of anilines is 1. The van der Waals surface area contributed by atoms with Gasteiger partial charge in [0.25, 0.3) is 0 Å². The molecule has 0 aliphatic carbocycles. The minimum Gasteiger partial charge on any atom is -0.355 e. The average Bonchev–Trinajstić information content (AvgIpc) is 2.77. The lowest BCUT2D eigenvalue weighted by Gasteiger charge is -2.32. The van der Waals surface area contributed by atoms with E-state index in [-0.39, 0.29) is 12.5 Å². The summed E-state index contributed by atoms with van der Waals surface area (Å²) < 4.78 is 26.4. The third-order valence-corrected chi connectivity index (χ3v) is 6.45. The molecular weight excluding hydrogens is 426 g/mol. The molecule has 32 heavy (non-hydrogen) atoms. The molecule has 0 spiro atoms. The van der Waals surface area contributed by atoms with E-state index in [4.69, 9.17) is 0 Å². The number of hydrogen-bond acceptors (Lipinski definition) is 4. The highest BCUT2D eigenvalue weighted by atomic mass is 32.2. The highest BCUT2D eigenvalue weighted by Crippen LogP contribution is 2.23. The minimum absolute atomic E-state index is 0.270. The largest absolute Gasteiger partial charge is 0.355 e. The predicted octanol–water partition coefficient (Wildman–Crippen LogP) is 2.61. The van der Waals surface area contributed by atoms with E-state index < -0.39 is 22.0 Å². The van der Waals surface area contributed by atoms with Gasteiger partial charge in [-0.3, -0.25) is 13.9 Å². The number of aryl methyl sites for hydroxylation is 1. The van der Waals surface area contributed by atoms with E-state index >= 15 is 0 Å². The molecule has 8 heteroatoms. The lowest BCUT2D eigenvalue weighted by Crippen LogP contribution is -2.52. The summed E-state index contributed by atoms with van der Waals surface area (Å²) in [7, 11) is -3.72. The van der Waals surface area contributed by atoms with Crippen LogP contribution in [0.5, 0.6) is 0 Å². The van der Waals surface area contributed by atoms with Crippen LogP contribution in [0.2, 0.25) is 0 Å². The maximum Gasteiger partial charge on any atom is 0.244 e. The van der Waals surface area contributed by atoms with E-state index in [1.807, 2.05) is 56.3 Å². The average molecular weight is 460 g/mol. The topological polar surface area (TPSA) is 86.8 Å². The molecule has 0 aliphatic rings. The molecular formula is C24H33N3O4S. The molecule has 2 aromatic carbocycles. The minimum atomic E-state index is -3.72. The Morgan fingerprint density at radius 2 is 1.62 bits per heavy atom. The maximum absolute atomic E-state index is 13.4. The van der Waals surface area contributed by atoms with E-state index in [9.17, 15) is 18.0 Å². The van der Waals surface area contributed by atoms with E-state index in [0.29, 0.717) is 31.6 Å². The van der Waals surface area contributed by atoms with Crippen LogP contribution in [0.25, 0.3) is 0 Å². The SMILES string of the molecule is CCNC(=O)[C@@H](C)N(CCc1ccccc1)C(=O)CN(c1ccccc1CC)S(C)(=O)=O. The molecule has 2 rings (SSSR count). The highest BCUT2D eigenvalue weighted by molar-refractivity contribution is 7.92. The van der Waals surface area contributed by atoms with Crippen LogP contribution in [0.1, 0.15) is 31.9 Å². The smallest absolute Gasteiger partial charge is 0.244 e. The van der Waals surface area contributed by atoms with Gasteiger partial charge in [0.05, 0.1) is 11.9 Å². The molecule has 0 aromatic heterocycles. The third-order valence-electron chi connectivity index (χ3n) is 5.32. The second-order valence-corrected chi connectivity index (χ2v) is 9.55. The Morgan fingerprint density at radius 1 is 1.00 bits per heavy atom. The van der Waals surface area contributed by atoms with Crippen LogP contribution in [-0.4, -0.2) is 57.1 Å². The summed E-state index contributed by atoms with van der Waals surface area (Å²) in [6, 6.07) is 16.1. The van der Waals surface area contributed by atoms with Gasteiger partial charge < -0.3 is 10.2 Å². The zero-order chi connectivity index (χ0) is 23.7. The number of hydrogen-bond donors (Lipinski definition) is 1. The summed E-state index contributed by atoms with van der Waals surface area (Å²) >= 11 is 0. The van der Waals surface area contributed by atoms with Crippen molar-refractivity contribution in [2.45, 2.75) is 39.7 Å². The Morgan fingerprint density at radius 3 is 2.22 bits per heavy atom. The number of sulfonamides is 1. The number of para-hydroxylation sites is 1. The molecule has 2 aromatic rings. The zero-order valence-corrected chi connectivity index (χ0v) is 20.1. The Hall–Kier alpha value is -2.87. The van der Waals surface area contributed by atoms with Crippen LogP contribution in [0.4, 0.5) is 5.69 Å². The fourth-order valence-corrected chi connectivity index (χ4v) is 4.42. The van der Waals surface area contributed by atoms with Crippen LogP contribution < -0.4 is 9.62 Å². The molecule has 0 aliphatic heterocycles. The standard InChI is InChI=1S/C24H33N3O4S/c1-5-21-14-10-11-15-22(21)27(32(4,30)31)18-23(28)26(19(3)24(29)25-6-2)17-16-20-12-8-7-9-13-20/h7-15,19H,5-6,16-18H2,1-4H3,(H,25,29)/t19-/m1/s1. The molecule has 0 fully saturated rings. The van der Waals surface area contributed by atoms with Crippen LogP contribution in [0.15, 0.2) is 54.6 Å². The fraction of sp³-hybridized carbons (Fsp3) is 0.417. The van der Waals surface area contributed by atoms with E-state index in [1.165, 1.54) is 4.90 Å². The van der Waals surface area contributed by atoms with Gasteiger partial charge in [0.15, 0.2) is 0 Å². The summed E-state index contributed by atoms with van der Waals surface area (Å²) in [6.45, 7) is 5.79. The molecule has 0 saturated carbocycles. The Bertz CT molecular complexity index is 1010. The third kappa shape index (κ3) is 6.82. The number of carbonyl (C=O) groups excluding carboxylic acids is 2. The molecule has 0 saturated heterocycles. The van der Waals surface area contributed by atoms with Gasteiger partial charge in [0.2, 0.25) is 21.8 Å². The summed E-state index contributed by atoms with van der Waals surface area (Å²) in [5.74, 6) is -0.690. The monoisotopic (exact) mass is 459 g/mol. The van der Waals surface area contributed by atoms with Gasteiger partial charge >= 0.3 is 0 Å². The van der Waals surface area contributed by atoms with E-state index in [0.717, 1.165) is 21.7 Å². The second-order valence-electron chi connectivity index (χ2n) is 7.65. The summed E-state index contributed by atoms with van der Waals surface area (Å²) in [6.07, 6.45) is 2.28. The lowest BCUT2D eigenvalue weighted by molar-refractivity contribution is -0.138. The van der Waals surface area contributed by atoms with Gasteiger partial charge in [-0.1, -0.05) is 55.5 Å². The fourth-order valence-electron chi connectivity index (χ4n) is 3.54. The molecule has 1 N–H and O–H groups in total. The maximum atomic E-state index is 13.4. The van der Waals surface area contributed by atoms with Gasteiger partial charge in [-0.2, -0.15) is 0 Å². The van der Waals surface area contributed by atoms with Crippen LogP contribution in [0, 0.1) is 0 Å². The van der Waals surface area contributed by atoms with Crippen molar-refractivity contribution in [3.8, 4) is 0 Å². The molecule has 0 bridgehead atoms. The molecule has 2 amide bonds. The van der Waals surface area contributed by atoms with Crippen molar-refractivity contribution in [2.24, 2.45) is 0 Å². The molecule has 0 unspecified atom stereocenters. The van der Waals surface area contributed by atoms with Crippen molar-refractivity contribution in [2.75, 3.05) is 30.2 Å². The van der Waals surface area contributed by atoms with Crippen molar-refractivity contribution in [1.82, 2.24) is 10.2 Å². The first-order valence-corrected chi connectivity index (χ1v) is 12.7. The molecule has 1 atom stereocenters. The first-order valence-electron chi connectivity index (χ1n) is 10.9. The zero-order valence-electron chi connectivity index (χ0n) is 19.2. The molecule has 174 valence electrons. The van der Waals surface area contributed by atoms with Crippen molar-refractivity contribution in [1.29, 1.82) is 0 Å². The first kappa shape index (κ1) is 25.4. The number of nitrogens with one attached hydrogen (secondary N) is 1. The Kier molecular flexibility index (Phi) is 9.26. The van der Waals surface area contributed by atoms with Gasteiger partial charge in [-0.15, -0.1) is 0 Å². The van der Waals surface area contributed by atoms with Crippen LogP contribution in [-0.2, 0) is 32.5 Å². The van der Waals surface area contributed by atoms with Gasteiger partial charge in [-0.25, -0.2) is 8.42 Å². The molecule has 0 heterocycles. The van der Waals surface area contributed by atoms with Crippen molar-refractivity contribution < 1.29 is 18.0 Å². The van der Waals surface area contributed by atoms with Crippen molar-refractivity contribution in [3.63, 3.8) is 0 Å². The van der Waals surface area contributed by atoms with Crippen molar-refractivity contribution in [3.05, 3.63) is 65.7 Å². The summed E-state index contributed by atoms with van der Waals surface area (Å²) in [5, 5.41) is 2.75. The quantitative estimate of drug-likeness (QED) is 0.560. The van der Waals surface area contributed by atoms with Gasteiger partial charge in [0.1, 0.15) is 12.6 Å². The van der Waals surface area contributed by atoms with Crippen LogP contribution >= 0.6 is 0 Å². The van der Waals surface area contributed by atoms with E-state index in [1.54, 1.807) is 19.1 Å². The molecule has 7 nitrogen and oxygen atoms in total. The summed E-state index contributed by atoms with van der Waals surface area (Å²) in [5.41, 5.74) is 2.35. The van der Waals surface area contributed by atoms with Gasteiger partial charge in [0, 0.05) is 13.1 Å². The highest BCUT2D eigenvalue weighted by Gasteiger charge is 2.30. The number of benzene rings is 2. The van der Waals surface area contributed by atoms with Crippen LogP contribution in [0.3, 0.4) is 0 Å². The van der Waals surface area contributed by atoms with Crippen molar-refractivity contribution >= 4 is 27.5 Å². The predicted molar refractivity (Wildman–Crippen MR) is 128 cm³/mol. The number of likely N-dealkylation sites (N-methyl/N-ethyl adjacent to an activating group) is 1. The summed E-state index contributed by atoms with van der Waals surface area (Å²) in [4.78, 5) is 27.4. The second kappa shape index (κ2) is 11.7. The van der Waals surface area contributed by atoms with E-state index in [2.05, 4.69) is 5.32 Å².